The zero-order valence-corrected chi connectivity index (χ0v) is 10.2. The van der Waals surface area contributed by atoms with Crippen molar-refractivity contribution in [2.45, 2.75) is 12.5 Å². The molecule has 0 radical (unpaired) electrons. The molecule has 2 aliphatic rings. The maximum Gasteiger partial charge on any atom is 0.129 e. The van der Waals surface area contributed by atoms with Gasteiger partial charge in [-0.2, -0.15) is 0 Å². The second kappa shape index (κ2) is 3.90. The van der Waals surface area contributed by atoms with Crippen molar-refractivity contribution in [1.82, 2.24) is 9.88 Å². The van der Waals surface area contributed by atoms with E-state index in [9.17, 15) is 0 Å². The molecule has 3 heterocycles. The number of hydrogen-bond acceptors (Lipinski definition) is 3. The lowest BCUT2D eigenvalue weighted by atomic mass is 10.1. The zero-order valence-electron chi connectivity index (χ0n) is 9.43. The molecule has 0 unspecified atom stereocenters. The molecule has 4 heteroatoms. The molecule has 0 bridgehead atoms. The molecule has 0 amide bonds. The Morgan fingerprint density at radius 1 is 1.38 bits per heavy atom. The van der Waals surface area contributed by atoms with Crippen LogP contribution in [0.25, 0.3) is 0 Å². The number of fused-ring (bicyclic) bond motifs is 1. The molecule has 1 aromatic heterocycles. The van der Waals surface area contributed by atoms with E-state index in [-0.39, 0.29) is 0 Å². The number of aromatic nitrogens is 1. The molecular weight excluding hydrogens is 222 g/mol. The van der Waals surface area contributed by atoms with Gasteiger partial charge in [-0.25, -0.2) is 4.98 Å². The predicted molar refractivity (Wildman–Crippen MR) is 66.0 cm³/mol. The first-order valence-corrected chi connectivity index (χ1v) is 6.18. The average molecular weight is 238 g/mol. The summed E-state index contributed by atoms with van der Waals surface area (Å²) in [7, 11) is 2.20. The first-order valence-electron chi connectivity index (χ1n) is 5.81. The fourth-order valence-electron chi connectivity index (χ4n) is 3.03. The van der Waals surface area contributed by atoms with Crippen molar-refractivity contribution >= 4 is 17.3 Å². The van der Waals surface area contributed by atoms with E-state index in [0.717, 1.165) is 12.5 Å². The van der Waals surface area contributed by atoms with Crippen LogP contribution in [-0.2, 0) is 0 Å². The largest absolute Gasteiger partial charge is 0.366 e. The van der Waals surface area contributed by atoms with Crippen LogP contribution in [0, 0.1) is 5.92 Å². The van der Waals surface area contributed by atoms with Gasteiger partial charge in [-0.1, -0.05) is 11.6 Å². The third-order valence-corrected chi connectivity index (χ3v) is 4.00. The summed E-state index contributed by atoms with van der Waals surface area (Å²) in [6.07, 6.45) is 3.20. The van der Waals surface area contributed by atoms with Crippen molar-refractivity contribution < 1.29 is 0 Å². The van der Waals surface area contributed by atoms with Crippen molar-refractivity contribution in [2.75, 3.05) is 31.6 Å². The van der Waals surface area contributed by atoms with E-state index < -0.39 is 0 Å². The fraction of sp³-hybridized carbons (Fsp3) is 0.583. The Kier molecular flexibility index (Phi) is 2.52. The summed E-state index contributed by atoms with van der Waals surface area (Å²) in [5.41, 5.74) is 1.22. The van der Waals surface area contributed by atoms with E-state index in [1.54, 1.807) is 0 Å². The van der Waals surface area contributed by atoms with Gasteiger partial charge in [-0.15, -0.1) is 0 Å². The molecule has 2 aliphatic heterocycles. The van der Waals surface area contributed by atoms with Crippen LogP contribution >= 0.6 is 11.6 Å². The lowest BCUT2D eigenvalue weighted by molar-refractivity contribution is 0.386. The summed E-state index contributed by atoms with van der Waals surface area (Å²) in [5, 5.41) is 0.572. The smallest absolute Gasteiger partial charge is 0.129 e. The molecule has 1 aromatic rings. The predicted octanol–water partition coefficient (Wildman–Crippen LogP) is 1.88. The number of anilines is 1. The minimum Gasteiger partial charge on any atom is -0.366 e. The van der Waals surface area contributed by atoms with Gasteiger partial charge < -0.3 is 9.80 Å². The molecule has 0 spiro atoms. The van der Waals surface area contributed by atoms with Crippen LogP contribution in [0.2, 0.25) is 5.15 Å². The molecule has 86 valence electrons. The Morgan fingerprint density at radius 3 is 3.00 bits per heavy atom. The summed E-state index contributed by atoms with van der Waals surface area (Å²) in [5.74, 6) is 0.834. The maximum atomic E-state index is 5.81. The topological polar surface area (TPSA) is 19.4 Å². The highest BCUT2D eigenvalue weighted by molar-refractivity contribution is 6.29. The molecule has 0 aliphatic carbocycles. The molecule has 0 N–H and O–H groups in total. The Bertz CT molecular complexity index is 378. The minimum atomic E-state index is 0.572. The van der Waals surface area contributed by atoms with E-state index in [1.807, 2.05) is 12.3 Å². The monoisotopic (exact) mass is 237 g/mol. The van der Waals surface area contributed by atoms with E-state index in [1.165, 1.54) is 25.2 Å². The maximum absolute atomic E-state index is 5.81. The van der Waals surface area contributed by atoms with Crippen molar-refractivity contribution in [3.05, 3.63) is 23.5 Å². The lowest BCUT2D eigenvalue weighted by Gasteiger charge is -2.25. The Morgan fingerprint density at radius 2 is 2.25 bits per heavy atom. The molecule has 2 fully saturated rings. The number of hydrogen-bond donors (Lipinski definition) is 0. The van der Waals surface area contributed by atoms with Gasteiger partial charge in [-0.05, 0) is 31.5 Å². The Hall–Kier alpha value is -0.800. The van der Waals surface area contributed by atoms with Gasteiger partial charge in [0.2, 0.25) is 0 Å². The van der Waals surface area contributed by atoms with Crippen molar-refractivity contribution in [3.63, 3.8) is 0 Å². The van der Waals surface area contributed by atoms with Crippen LogP contribution in [0.5, 0.6) is 0 Å². The Labute approximate surface area is 101 Å². The molecule has 0 saturated carbocycles. The molecule has 2 saturated heterocycles. The SMILES string of the molecule is CN1C[C@@H]2CCN(c3ccc(Cl)nc3)[C@@H]2C1. The number of likely N-dealkylation sites (N-methyl/N-ethyl adjacent to an activating group) is 1. The van der Waals surface area contributed by atoms with Crippen LogP contribution in [0.15, 0.2) is 18.3 Å². The molecular formula is C12H16ClN3. The van der Waals surface area contributed by atoms with Crippen LogP contribution < -0.4 is 4.90 Å². The highest BCUT2D eigenvalue weighted by Crippen LogP contribution is 2.34. The normalized spacial score (nSPS) is 29.8. The first-order chi connectivity index (χ1) is 7.74. The van der Waals surface area contributed by atoms with E-state index in [4.69, 9.17) is 11.6 Å². The van der Waals surface area contributed by atoms with Gasteiger partial charge in [0.05, 0.1) is 11.9 Å². The second-order valence-electron chi connectivity index (χ2n) is 4.87. The van der Waals surface area contributed by atoms with Gasteiger partial charge in [0.25, 0.3) is 0 Å². The van der Waals surface area contributed by atoms with Gasteiger partial charge in [-0.3, -0.25) is 0 Å². The molecule has 3 nitrogen and oxygen atoms in total. The molecule has 16 heavy (non-hydrogen) atoms. The zero-order chi connectivity index (χ0) is 11.1. The third-order valence-electron chi connectivity index (χ3n) is 3.77. The quantitative estimate of drug-likeness (QED) is 0.696. The number of nitrogens with zero attached hydrogens (tertiary/aromatic N) is 3. The number of pyridine rings is 1. The summed E-state index contributed by atoms with van der Waals surface area (Å²) >= 11 is 5.81. The standard InChI is InChI=1S/C12H16ClN3/c1-15-7-9-4-5-16(11(9)8-15)10-2-3-12(13)14-6-10/h2-3,6,9,11H,4-5,7-8H2,1H3/t9-,11+/m0/s1. The summed E-state index contributed by atoms with van der Waals surface area (Å²) in [6.45, 7) is 3.57. The highest BCUT2D eigenvalue weighted by Gasteiger charge is 2.39. The summed E-state index contributed by atoms with van der Waals surface area (Å²) in [6, 6.07) is 4.63. The first kappa shape index (κ1) is 10.4. The second-order valence-corrected chi connectivity index (χ2v) is 5.26. The Balaban J connectivity index is 1.83. The fourth-order valence-corrected chi connectivity index (χ4v) is 3.14. The van der Waals surface area contributed by atoms with Gasteiger partial charge in [0.1, 0.15) is 5.15 Å². The summed E-state index contributed by atoms with van der Waals surface area (Å²) < 4.78 is 0. The van der Waals surface area contributed by atoms with Crippen LogP contribution in [0.3, 0.4) is 0 Å². The number of likely N-dealkylation sites (tertiary alicyclic amines) is 1. The third kappa shape index (κ3) is 1.68. The molecule has 2 atom stereocenters. The van der Waals surface area contributed by atoms with Crippen molar-refractivity contribution in [1.29, 1.82) is 0 Å². The lowest BCUT2D eigenvalue weighted by Crippen LogP contribution is -2.34. The molecule has 0 aromatic carbocycles. The van der Waals surface area contributed by atoms with Crippen molar-refractivity contribution in [2.24, 2.45) is 5.92 Å². The van der Waals surface area contributed by atoms with Crippen molar-refractivity contribution in [3.8, 4) is 0 Å². The minimum absolute atomic E-state index is 0.572. The molecule has 3 rings (SSSR count). The van der Waals surface area contributed by atoms with Crippen LogP contribution in [0.1, 0.15) is 6.42 Å². The van der Waals surface area contributed by atoms with Crippen LogP contribution in [-0.4, -0.2) is 42.6 Å². The number of halogens is 1. The van der Waals surface area contributed by atoms with Gasteiger partial charge >= 0.3 is 0 Å². The highest BCUT2D eigenvalue weighted by atomic mass is 35.5. The average Bonchev–Trinajstić information content (AvgIpc) is 2.78. The summed E-state index contributed by atoms with van der Waals surface area (Å²) in [4.78, 5) is 9.07. The van der Waals surface area contributed by atoms with Crippen LogP contribution in [0.4, 0.5) is 5.69 Å². The van der Waals surface area contributed by atoms with Gasteiger partial charge in [0.15, 0.2) is 0 Å². The van der Waals surface area contributed by atoms with E-state index >= 15 is 0 Å². The van der Waals surface area contributed by atoms with E-state index in [0.29, 0.717) is 11.2 Å². The van der Waals surface area contributed by atoms with E-state index in [2.05, 4.69) is 27.9 Å². The number of rotatable bonds is 1. The van der Waals surface area contributed by atoms with Gasteiger partial charge in [0, 0.05) is 25.7 Å².